The van der Waals surface area contributed by atoms with Gasteiger partial charge in [-0.15, -0.1) is 0 Å². The van der Waals surface area contributed by atoms with Crippen LogP contribution in [-0.2, 0) is 9.53 Å². The maximum atomic E-state index is 13.2. The summed E-state index contributed by atoms with van der Waals surface area (Å²) >= 11 is 0. The topological polar surface area (TPSA) is 66.8 Å². The second kappa shape index (κ2) is 4.73. The van der Waals surface area contributed by atoms with Gasteiger partial charge in [0, 0.05) is 13.0 Å². The van der Waals surface area contributed by atoms with Crippen molar-refractivity contribution in [1.82, 2.24) is 4.90 Å². The van der Waals surface area contributed by atoms with Gasteiger partial charge in [-0.1, -0.05) is 0 Å². The molecule has 1 rings (SSSR count). The molecule has 1 aliphatic heterocycles. The summed E-state index contributed by atoms with van der Waals surface area (Å²) in [5.74, 6) is -2.01. The molecule has 0 aliphatic carbocycles. The highest BCUT2D eigenvalue weighted by Crippen LogP contribution is 2.21. The Morgan fingerprint density at radius 3 is 2.47 bits per heavy atom. The molecule has 96 valence electrons. The average molecular weight is 245 g/mol. The van der Waals surface area contributed by atoms with Gasteiger partial charge in [0.25, 0.3) is 0 Å². The Labute approximate surface area is 98.8 Å². The largest absolute Gasteiger partial charge is 0.478 e. The van der Waals surface area contributed by atoms with E-state index in [9.17, 15) is 14.0 Å². The number of carbonyl (C=O) groups excluding carboxylic acids is 1. The van der Waals surface area contributed by atoms with E-state index < -0.39 is 23.5 Å². The van der Waals surface area contributed by atoms with E-state index in [-0.39, 0.29) is 25.1 Å². The number of carbonyl (C=O) groups is 2. The van der Waals surface area contributed by atoms with Crippen molar-refractivity contribution in [2.75, 3.05) is 13.1 Å². The predicted octanol–water partition coefficient (Wildman–Crippen LogP) is 1.94. The van der Waals surface area contributed by atoms with Crippen molar-refractivity contribution >= 4 is 12.1 Å². The number of rotatable bonds is 1. The Hall–Kier alpha value is -1.59. The van der Waals surface area contributed by atoms with Gasteiger partial charge in [0.05, 0.1) is 12.1 Å². The van der Waals surface area contributed by atoms with Crippen LogP contribution >= 0.6 is 0 Å². The molecule has 0 spiro atoms. The summed E-state index contributed by atoms with van der Waals surface area (Å²) in [5.41, 5.74) is -1.03. The summed E-state index contributed by atoms with van der Waals surface area (Å²) < 4.78 is 18.3. The smallest absolute Gasteiger partial charge is 0.410 e. The van der Waals surface area contributed by atoms with Crippen molar-refractivity contribution in [2.24, 2.45) is 0 Å². The van der Waals surface area contributed by atoms with Crippen LogP contribution in [0.2, 0.25) is 0 Å². The molecular weight excluding hydrogens is 229 g/mol. The molecule has 0 unspecified atom stereocenters. The zero-order chi connectivity index (χ0) is 13.2. The number of hydrogen-bond acceptors (Lipinski definition) is 3. The first-order valence-electron chi connectivity index (χ1n) is 5.29. The summed E-state index contributed by atoms with van der Waals surface area (Å²) in [6.07, 6.45) is -0.704. The Balaban J connectivity index is 2.72. The van der Waals surface area contributed by atoms with E-state index in [2.05, 4.69) is 0 Å². The molecule has 17 heavy (non-hydrogen) atoms. The van der Waals surface area contributed by atoms with E-state index in [1.54, 1.807) is 20.8 Å². The quantitative estimate of drug-likeness (QED) is 0.766. The van der Waals surface area contributed by atoms with Gasteiger partial charge in [0.15, 0.2) is 0 Å². The lowest BCUT2D eigenvalue weighted by Crippen LogP contribution is -2.41. The summed E-state index contributed by atoms with van der Waals surface area (Å²) in [6, 6.07) is 0. The van der Waals surface area contributed by atoms with Gasteiger partial charge in [0.2, 0.25) is 0 Å². The molecular formula is C11H16FNO4. The van der Waals surface area contributed by atoms with Crippen LogP contribution in [-0.4, -0.2) is 40.8 Å². The number of carboxylic acid groups (broad SMARTS) is 1. The monoisotopic (exact) mass is 245 g/mol. The van der Waals surface area contributed by atoms with Gasteiger partial charge >= 0.3 is 12.1 Å². The van der Waals surface area contributed by atoms with E-state index in [4.69, 9.17) is 9.84 Å². The van der Waals surface area contributed by atoms with Crippen molar-refractivity contribution in [3.8, 4) is 0 Å². The van der Waals surface area contributed by atoms with Crippen LogP contribution in [0, 0.1) is 0 Å². The molecule has 0 bridgehead atoms. The molecule has 0 aromatic heterocycles. The van der Waals surface area contributed by atoms with Crippen LogP contribution < -0.4 is 0 Å². The lowest BCUT2D eigenvalue weighted by Gasteiger charge is -2.29. The minimum Gasteiger partial charge on any atom is -0.478 e. The van der Waals surface area contributed by atoms with E-state index in [0.29, 0.717) is 0 Å². The standard InChI is InChI=1S/C11H16FNO4/c1-11(2,3)17-10(16)13-5-4-8(12)7(6-13)9(14)15/h4-6H2,1-3H3,(H,14,15). The summed E-state index contributed by atoms with van der Waals surface area (Å²) in [6.45, 7) is 5.02. The molecule has 5 nitrogen and oxygen atoms in total. The second-order valence-electron chi connectivity index (χ2n) is 4.84. The molecule has 0 fully saturated rings. The van der Waals surface area contributed by atoms with Crippen LogP contribution in [0.5, 0.6) is 0 Å². The zero-order valence-corrected chi connectivity index (χ0v) is 10.1. The lowest BCUT2D eigenvalue weighted by molar-refractivity contribution is -0.133. The van der Waals surface area contributed by atoms with Crippen LogP contribution in [0.4, 0.5) is 9.18 Å². The fourth-order valence-electron chi connectivity index (χ4n) is 1.41. The number of halogens is 1. The van der Waals surface area contributed by atoms with Crippen molar-refractivity contribution < 1.29 is 23.8 Å². The van der Waals surface area contributed by atoms with Gasteiger partial charge in [-0.2, -0.15) is 0 Å². The molecule has 1 heterocycles. The number of ether oxygens (including phenoxy) is 1. The molecule has 0 saturated heterocycles. The number of aliphatic carboxylic acids is 1. The highest BCUT2D eigenvalue weighted by Gasteiger charge is 2.29. The van der Waals surface area contributed by atoms with Gasteiger partial charge in [-0.05, 0) is 20.8 Å². The maximum absolute atomic E-state index is 13.2. The van der Waals surface area contributed by atoms with Gasteiger partial charge in [-0.25, -0.2) is 14.0 Å². The first kappa shape index (κ1) is 13.5. The number of amides is 1. The maximum Gasteiger partial charge on any atom is 0.410 e. The third-order valence-electron chi connectivity index (χ3n) is 2.19. The minimum absolute atomic E-state index is 0.0825. The third kappa shape index (κ3) is 3.72. The van der Waals surface area contributed by atoms with E-state index >= 15 is 0 Å². The fourth-order valence-corrected chi connectivity index (χ4v) is 1.41. The Morgan fingerprint density at radius 1 is 1.41 bits per heavy atom. The molecule has 1 aliphatic rings. The van der Waals surface area contributed by atoms with Crippen molar-refractivity contribution in [3.05, 3.63) is 11.4 Å². The summed E-state index contributed by atoms with van der Waals surface area (Å²) in [5, 5.41) is 8.76. The highest BCUT2D eigenvalue weighted by molar-refractivity contribution is 5.88. The molecule has 6 heteroatoms. The fraction of sp³-hybridized carbons (Fsp3) is 0.636. The molecule has 1 N–H and O–H groups in total. The van der Waals surface area contributed by atoms with Crippen LogP contribution in [0.3, 0.4) is 0 Å². The van der Waals surface area contributed by atoms with E-state index in [1.807, 2.05) is 0 Å². The zero-order valence-electron chi connectivity index (χ0n) is 10.1. The van der Waals surface area contributed by atoms with Crippen LogP contribution in [0.1, 0.15) is 27.2 Å². The normalized spacial score (nSPS) is 17.1. The molecule has 1 amide bonds. The summed E-state index contributed by atoms with van der Waals surface area (Å²) in [7, 11) is 0. The van der Waals surface area contributed by atoms with Crippen molar-refractivity contribution in [2.45, 2.75) is 32.8 Å². The van der Waals surface area contributed by atoms with Crippen molar-refractivity contribution in [3.63, 3.8) is 0 Å². The Bertz CT molecular complexity index is 370. The van der Waals surface area contributed by atoms with Gasteiger partial charge in [-0.3, -0.25) is 0 Å². The molecule has 0 saturated carbocycles. The number of carboxylic acids is 1. The second-order valence-corrected chi connectivity index (χ2v) is 4.84. The first-order chi connectivity index (χ1) is 7.70. The molecule has 0 aromatic carbocycles. The van der Waals surface area contributed by atoms with Gasteiger partial charge < -0.3 is 14.7 Å². The number of hydrogen-bond donors (Lipinski definition) is 1. The Kier molecular flexibility index (Phi) is 3.75. The van der Waals surface area contributed by atoms with Crippen LogP contribution in [0.25, 0.3) is 0 Å². The van der Waals surface area contributed by atoms with Crippen molar-refractivity contribution in [1.29, 1.82) is 0 Å². The predicted molar refractivity (Wildman–Crippen MR) is 58.2 cm³/mol. The van der Waals surface area contributed by atoms with Crippen LogP contribution in [0.15, 0.2) is 11.4 Å². The first-order valence-corrected chi connectivity index (χ1v) is 5.29. The van der Waals surface area contributed by atoms with E-state index in [0.717, 1.165) is 0 Å². The number of nitrogens with zero attached hydrogens (tertiary/aromatic N) is 1. The highest BCUT2D eigenvalue weighted by atomic mass is 19.1. The molecule has 0 atom stereocenters. The SMILES string of the molecule is CC(C)(C)OC(=O)N1CCC(F)=C(C(=O)O)C1. The van der Waals surface area contributed by atoms with Gasteiger partial charge in [0.1, 0.15) is 11.4 Å². The Morgan fingerprint density at radius 2 is 2.00 bits per heavy atom. The molecule has 0 radical (unpaired) electrons. The average Bonchev–Trinajstić information content (AvgIpc) is 2.14. The van der Waals surface area contributed by atoms with E-state index in [1.165, 1.54) is 4.90 Å². The summed E-state index contributed by atoms with van der Waals surface area (Å²) in [4.78, 5) is 23.6. The lowest BCUT2D eigenvalue weighted by atomic mass is 10.1. The third-order valence-corrected chi connectivity index (χ3v) is 2.19. The minimum atomic E-state index is -1.34. The molecule has 0 aromatic rings.